The van der Waals surface area contributed by atoms with E-state index in [9.17, 15) is 13.6 Å². The van der Waals surface area contributed by atoms with Crippen molar-refractivity contribution in [2.75, 3.05) is 12.0 Å². The van der Waals surface area contributed by atoms with Crippen LogP contribution < -0.4 is 10.2 Å². The summed E-state index contributed by atoms with van der Waals surface area (Å²) in [5, 5.41) is 3.27. The lowest BCUT2D eigenvalue weighted by Crippen LogP contribution is -2.48. The van der Waals surface area contributed by atoms with Gasteiger partial charge in [0.05, 0.1) is 18.7 Å². The van der Waals surface area contributed by atoms with Crippen LogP contribution in [0.2, 0.25) is 0 Å². The molecule has 7 heteroatoms. The lowest BCUT2D eigenvalue weighted by molar-refractivity contribution is -0.136. The van der Waals surface area contributed by atoms with Gasteiger partial charge in [-0.15, -0.1) is 0 Å². The number of nitrogens with zero attached hydrogens (tertiary/aromatic N) is 1. The number of ether oxygens (including phenoxy) is 1. The molecule has 134 valence electrons. The average molecular weight is 374 g/mol. The van der Waals surface area contributed by atoms with Gasteiger partial charge >= 0.3 is 5.97 Å². The number of anilines is 1. The molecule has 1 aliphatic heterocycles. The van der Waals surface area contributed by atoms with E-state index < -0.39 is 23.6 Å². The summed E-state index contributed by atoms with van der Waals surface area (Å²) in [6.07, 6.45) is 0. The Kier molecular flexibility index (Phi) is 4.99. The highest BCUT2D eigenvalue weighted by Gasteiger charge is 2.36. The summed E-state index contributed by atoms with van der Waals surface area (Å²) in [7, 11) is 1.25. The van der Waals surface area contributed by atoms with Crippen molar-refractivity contribution in [3.05, 3.63) is 77.0 Å². The van der Waals surface area contributed by atoms with E-state index in [1.165, 1.54) is 13.2 Å². The molecular weight excluding hydrogens is 358 g/mol. The van der Waals surface area contributed by atoms with Crippen LogP contribution in [0, 0.1) is 11.6 Å². The van der Waals surface area contributed by atoms with Gasteiger partial charge in [-0.3, -0.25) is 4.90 Å². The predicted molar refractivity (Wildman–Crippen MR) is 98.5 cm³/mol. The molecule has 4 nitrogen and oxygen atoms in total. The summed E-state index contributed by atoms with van der Waals surface area (Å²) < 4.78 is 32.5. The van der Waals surface area contributed by atoms with E-state index in [0.717, 1.165) is 17.8 Å². The van der Waals surface area contributed by atoms with Gasteiger partial charge in [0.25, 0.3) is 0 Å². The van der Waals surface area contributed by atoms with Crippen molar-refractivity contribution >= 4 is 29.0 Å². The number of benzene rings is 2. The first-order valence-corrected chi connectivity index (χ1v) is 8.24. The number of thiocarbonyl (C=S) groups is 1. The van der Waals surface area contributed by atoms with E-state index in [1.54, 1.807) is 11.8 Å². The minimum absolute atomic E-state index is 0.112. The van der Waals surface area contributed by atoms with Gasteiger partial charge in [-0.2, -0.15) is 0 Å². The maximum atomic E-state index is 14.3. The Morgan fingerprint density at radius 2 is 1.88 bits per heavy atom. The van der Waals surface area contributed by atoms with E-state index >= 15 is 0 Å². The van der Waals surface area contributed by atoms with Gasteiger partial charge in [-0.05, 0) is 37.3 Å². The number of para-hydroxylation sites is 1. The molecule has 1 aliphatic rings. The van der Waals surface area contributed by atoms with Crippen LogP contribution in [0.5, 0.6) is 0 Å². The van der Waals surface area contributed by atoms with Gasteiger partial charge in [0, 0.05) is 23.0 Å². The van der Waals surface area contributed by atoms with E-state index in [0.29, 0.717) is 10.8 Å². The molecule has 1 N–H and O–H groups in total. The van der Waals surface area contributed by atoms with Gasteiger partial charge in [-0.25, -0.2) is 13.6 Å². The normalized spacial score (nSPS) is 17.2. The summed E-state index contributed by atoms with van der Waals surface area (Å²) in [6, 6.07) is 11.5. The van der Waals surface area contributed by atoms with Crippen molar-refractivity contribution in [3.63, 3.8) is 0 Å². The molecule has 0 fully saturated rings. The number of esters is 1. The van der Waals surface area contributed by atoms with Crippen molar-refractivity contribution in [1.29, 1.82) is 0 Å². The number of carbonyl (C=O) groups is 1. The number of halogens is 2. The Balaban J connectivity index is 2.16. The fourth-order valence-corrected chi connectivity index (χ4v) is 3.33. The van der Waals surface area contributed by atoms with Crippen LogP contribution in [0.3, 0.4) is 0 Å². The van der Waals surface area contributed by atoms with Crippen molar-refractivity contribution in [2.24, 2.45) is 0 Å². The van der Waals surface area contributed by atoms with Crippen molar-refractivity contribution < 1.29 is 18.3 Å². The molecule has 0 saturated carbocycles. The highest BCUT2D eigenvalue weighted by molar-refractivity contribution is 7.80. The minimum Gasteiger partial charge on any atom is -0.466 e. The van der Waals surface area contributed by atoms with Crippen molar-refractivity contribution in [2.45, 2.75) is 13.0 Å². The van der Waals surface area contributed by atoms with E-state index in [-0.39, 0.29) is 11.1 Å². The summed E-state index contributed by atoms with van der Waals surface area (Å²) in [5.74, 6) is -2.09. The van der Waals surface area contributed by atoms with Crippen LogP contribution in [-0.2, 0) is 9.53 Å². The highest BCUT2D eigenvalue weighted by atomic mass is 32.1. The van der Waals surface area contributed by atoms with E-state index in [1.807, 2.05) is 30.3 Å². The number of nitrogens with one attached hydrogen (secondary N) is 1. The van der Waals surface area contributed by atoms with Gasteiger partial charge in [0.15, 0.2) is 5.11 Å². The maximum absolute atomic E-state index is 14.3. The molecule has 1 heterocycles. The van der Waals surface area contributed by atoms with Crippen LogP contribution in [-0.4, -0.2) is 18.2 Å². The lowest BCUT2D eigenvalue weighted by Gasteiger charge is -2.37. The van der Waals surface area contributed by atoms with Crippen LogP contribution in [0.25, 0.3) is 0 Å². The SMILES string of the molecule is COC(=O)C1=C(C)N(c2ccccc2)C(=S)N[C@H]1c1ccc(F)cc1F. The summed E-state index contributed by atoms with van der Waals surface area (Å²) >= 11 is 5.44. The van der Waals surface area contributed by atoms with Crippen molar-refractivity contribution in [3.8, 4) is 0 Å². The maximum Gasteiger partial charge on any atom is 0.337 e. The second kappa shape index (κ2) is 7.21. The van der Waals surface area contributed by atoms with Crippen LogP contribution in [0.4, 0.5) is 14.5 Å². The minimum atomic E-state index is -0.879. The third-order valence-corrected chi connectivity index (χ3v) is 4.48. The third kappa shape index (κ3) is 3.17. The van der Waals surface area contributed by atoms with Crippen LogP contribution in [0.1, 0.15) is 18.5 Å². The molecule has 3 rings (SSSR count). The standard InChI is InChI=1S/C19H16F2N2O2S/c1-11-16(18(24)25-2)17(14-9-8-12(20)10-15(14)21)22-19(26)23(11)13-6-4-3-5-7-13/h3-10,17H,1-2H3,(H,22,26)/t17-/m0/s1. The highest BCUT2D eigenvalue weighted by Crippen LogP contribution is 2.35. The van der Waals surface area contributed by atoms with Gasteiger partial charge in [0.1, 0.15) is 11.6 Å². The number of carbonyl (C=O) groups excluding carboxylic acids is 1. The molecule has 2 aromatic rings. The molecule has 0 bridgehead atoms. The molecule has 26 heavy (non-hydrogen) atoms. The van der Waals surface area contributed by atoms with E-state index in [2.05, 4.69) is 5.32 Å². The number of hydrogen-bond acceptors (Lipinski definition) is 3. The van der Waals surface area contributed by atoms with E-state index in [4.69, 9.17) is 17.0 Å². The number of allylic oxidation sites excluding steroid dienone is 1. The smallest absolute Gasteiger partial charge is 0.337 e. The molecular formula is C19H16F2N2O2S. The predicted octanol–water partition coefficient (Wildman–Crippen LogP) is 3.85. The zero-order chi connectivity index (χ0) is 18.8. The number of methoxy groups -OCH3 is 1. The Labute approximate surface area is 155 Å². The van der Waals surface area contributed by atoms with Gasteiger partial charge < -0.3 is 10.1 Å². The second-order valence-electron chi connectivity index (χ2n) is 5.71. The molecule has 0 spiro atoms. The Morgan fingerprint density at radius 3 is 2.50 bits per heavy atom. The number of rotatable bonds is 3. The van der Waals surface area contributed by atoms with Gasteiger partial charge in [-0.1, -0.05) is 24.3 Å². The molecule has 1 atom stereocenters. The summed E-state index contributed by atoms with van der Waals surface area (Å²) in [4.78, 5) is 14.1. The van der Waals surface area contributed by atoms with Gasteiger partial charge in [0.2, 0.25) is 0 Å². The summed E-state index contributed by atoms with van der Waals surface area (Å²) in [6.45, 7) is 1.71. The first kappa shape index (κ1) is 18.0. The molecule has 0 radical (unpaired) electrons. The Hall–Kier alpha value is -2.80. The fraction of sp³-hybridized carbons (Fsp3) is 0.158. The zero-order valence-electron chi connectivity index (χ0n) is 14.1. The number of hydrogen-bond donors (Lipinski definition) is 1. The third-order valence-electron chi connectivity index (χ3n) is 4.18. The first-order valence-electron chi connectivity index (χ1n) is 7.83. The van der Waals surface area contributed by atoms with Crippen LogP contribution in [0.15, 0.2) is 59.8 Å². The van der Waals surface area contributed by atoms with Crippen LogP contribution >= 0.6 is 12.2 Å². The Morgan fingerprint density at radius 1 is 1.19 bits per heavy atom. The molecule has 0 saturated heterocycles. The largest absolute Gasteiger partial charge is 0.466 e. The molecule has 0 unspecified atom stereocenters. The second-order valence-corrected chi connectivity index (χ2v) is 6.10. The molecule has 0 amide bonds. The molecule has 0 aliphatic carbocycles. The molecule has 2 aromatic carbocycles. The topological polar surface area (TPSA) is 41.6 Å². The Bertz CT molecular complexity index is 900. The quantitative estimate of drug-likeness (QED) is 0.653. The fourth-order valence-electron chi connectivity index (χ4n) is 2.97. The zero-order valence-corrected chi connectivity index (χ0v) is 14.9. The first-order chi connectivity index (χ1) is 12.4. The monoisotopic (exact) mass is 374 g/mol. The summed E-state index contributed by atoms with van der Waals surface area (Å²) in [5.41, 5.74) is 1.58. The lowest BCUT2D eigenvalue weighted by atomic mass is 9.94. The average Bonchev–Trinajstić information content (AvgIpc) is 2.61. The molecule has 0 aromatic heterocycles. The van der Waals surface area contributed by atoms with Crippen molar-refractivity contribution in [1.82, 2.24) is 5.32 Å².